The SMILES string of the molecule is O=C(NC1CCCC1)c1cc(NCc2ccc(F)cc2)nc(-c2ccccc2)n1. The van der Waals surface area contributed by atoms with Gasteiger partial charge in [0.2, 0.25) is 0 Å². The maximum absolute atomic E-state index is 13.1. The summed E-state index contributed by atoms with van der Waals surface area (Å²) in [6.45, 7) is 0.467. The first kappa shape index (κ1) is 19.1. The van der Waals surface area contributed by atoms with Crippen LogP contribution in [0.1, 0.15) is 41.7 Å². The van der Waals surface area contributed by atoms with E-state index in [1.807, 2.05) is 30.3 Å². The highest BCUT2D eigenvalue weighted by molar-refractivity contribution is 5.93. The van der Waals surface area contributed by atoms with Crippen LogP contribution >= 0.6 is 0 Å². The number of nitrogens with zero attached hydrogens (tertiary/aromatic N) is 2. The molecule has 5 nitrogen and oxygen atoms in total. The minimum absolute atomic E-state index is 0.179. The Morgan fingerprint density at radius 1 is 1.00 bits per heavy atom. The summed E-state index contributed by atoms with van der Waals surface area (Å²) >= 11 is 0. The second-order valence-corrected chi connectivity index (χ2v) is 7.26. The first-order valence-electron chi connectivity index (χ1n) is 9.91. The smallest absolute Gasteiger partial charge is 0.270 e. The molecular formula is C23H23FN4O. The third-order valence-corrected chi connectivity index (χ3v) is 5.07. The van der Waals surface area contributed by atoms with Gasteiger partial charge in [-0.25, -0.2) is 14.4 Å². The molecule has 0 bridgehead atoms. The Balaban J connectivity index is 1.58. The molecule has 148 valence electrons. The maximum Gasteiger partial charge on any atom is 0.270 e. The van der Waals surface area contributed by atoms with E-state index in [1.165, 1.54) is 12.1 Å². The number of carbonyl (C=O) groups excluding carboxylic acids is 1. The molecule has 29 heavy (non-hydrogen) atoms. The largest absolute Gasteiger partial charge is 0.366 e. The summed E-state index contributed by atoms with van der Waals surface area (Å²) in [4.78, 5) is 21.9. The second-order valence-electron chi connectivity index (χ2n) is 7.26. The zero-order chi connectivity index (χ0) is 20.1. The van der Waals surface area contributed by atoms with Crippen LogP contribution in [0.4, 0.5) is 10.2 Å². The third kappa shape index (κ3) is 4.96. The van der Waals surface area contributed by atoms with Crippen LogP contribution in [-0.2, 0) is 6.54 Å². The Morgan fingerprint density at radius 2 is 1.72 bits per heavy atom. The molecule has 1 heterocycles. The van der Waals surface area contributed by atoms with Crippen LogP contribution in [0, 0.1) is 5.82 Å². The average Bonchev–Trinajstić information content (AvgIpc) is 3.27. The van der Waals surface area contributed by atoms with Gasteiger partial charge in [0.05, 0.1) is 0 Å². The van der Waals surface area contributed by atoms with E-state index in [9.17, 15) is 9.18 Å². The molecule has 0 saturated heterocycles. The molecule has 1 aliphatic carbocycles. The topological polar surface area (TPSA) is 66.9 Å². The summed E-state index contributed by atoms with van der Waals surface area (Å²) in [5.41, 5.74) is 2.10. The van der Waals surface area contributed by atoms with Crippen molar-refractivity contribution in [2.24, 2.45) is 0 Å². The molecule has 0 radical (unpaired) electrons. The summed E-state index contributed by atoms with van der Waals surface area (Å²) in [6, 6.07) is 17.7. The van der Waals surface area contributed by atoms with Crippen LogP contribution in [0.3, 0.4) is 0 Å². The van der Waals surface area contributed by atoms with Gasteiger partial charge in [-0.15, -0.1) is 0 Å². The lowest BCUT2D eigenvalue weighted by Gasteiger charge is -2.13. The lowest BCUT2D eigenvalue weighted by Crippen LogP contribution is -2.33. The Kier molecular flexibility index (Phi) is 5.79. The normalized spacial score (nSPS) is 14.0. The molecule has 1 fully saturated rings. The van der Waals surface area contributed by atoms with Crippen LogP contribution < -0.4 is 10.6 Å². The highest BCUT2D eigenvalue weighted by atomic mass is 19.1. The highest BCUT2D eigenvalue weighted by Gasteiger charge is 2.20. The summed E-state index contributed by atoms with van der Waals surface area (Å²) in [5, 5.41) is 6.31. The van der Waals surface area contributed by atoms with Crippen LogP contribution in [-0.4, -0.2) is 21.9 Å². The molecule has 0 unspecified atom stereocenters. The number of nitrogens with one attached hydrogen (secondary N) is 2. The lowest BCUT2D eigenvalue weighted by molar-refractivity contribution is 0.0933. The number of carbonyl (C=O) groups is 1. The van der Waals surface area contributed by atoms with Gasteiger partial charge >= 0.3 is 0 Å². The lowest BCUT2D eigenvalue weighted by atomic mass is 10.2. The van der Waals surface area contributed by atoms with Gasteiger partial charge in [0.15, 0.2) is 5.82 Å². The molecular weight excluding hydrogens is 367 g/mol. The maximum atomic E-state index is 13.1. The fraction of sp³-hybridized carbons (Fsp3) is 0.261. The Morgan fingerprint density at radius 3 is 2.45 bits per heavy atom. The zero-order valence-electron chi connectivity index (χ0n) is 16.1. The van der Waals surface area contributed by atoms with Gasteiger partial charge in [-0.2, -0.15) is 0 Å². The number of amides is 1. The van der Waals surface area contributed by atoms with Gasteiger partial charge < -0.3 is 10.6 Å². The van der Waals surface area contributed by atoms with Crippen molar-refractivity contribution in [1.82, 2.24) is 15.3 Å². The fourth-order valence-corrected chi connectivity index (χ4v) is 3.49. The number of halogens is 1. The highest BCUT2D eigenvalue weighted by Crippen LogP contribution is 2.21. The van der Waals surface area contributed by atoms with Crippen LogP contribution in [0.5, 0.6) is 0 Å². The van der Waals surface area contributed by atoms with Gasteiger partial charge in [-0.1, -0.05) is 55.3 Å². The van der Waals surface area contributed by atoms with Crippen LogP contribution in [0.25, 0.3) is 11.4 Å². The summed E-state index contributed by atoms with van der Waals surface area (Å²) < 4.78 is 13.1. The van der Waals surface area contributed by atoms with Crippen molar-refractivity contribution in [3.8, 4) is 11.4 Å². The Hall–Kier alpha value is -3.28. The van der Waals surface area contributed by atoms with Gasteiger partial charge in [0, 0.05) is 24.2 Å². The van der Waals surface area contributed by atoms with Gasteiger partial charge in [-0.05, 0) is 30.5 Å². The van der Waals surface area contributed by atoms with E-state index in [0.29, 0.717) is 23.9 Å². The Labute approximate surface area is 169 Å². The van der Waals surface area contributed by atoms with E-state index in [-0.39, 0.29) is 17.8 Å². The number of aromatic nitrogens is 2. The number of rotatable bonds is 6. The van der Waals surface area contributed by atoms with Crippen molar-refractivity contribution in [2.75, 3.05) is 5.32 Å². The van der Waals surface area contributed by atoms with Gasteiger partial charge in [0.1, 0.15) is 17.3 Å². The molecule has 2 aromatic carbocycles. The third-order valence-electron chi connectivity index (χ3n) is 5.07. The molecule has 2 N–H and O–H groups in total. The van der Waals surface area contributed by atoms with E-state index in [0.717, 1.165) is 36.8 Å². The first-order valence-corrected chi connectivity index (χ1v) is 9.91. The van der Waals surface area contributed by atoms with E-state index >= 15 is 0 Å². The van der Waals surface area contributed by atoms with Crippen molar-refractivity contribution in [3.63, 3.8) is 0 Å². The van der Waals surface area contributed by atoms with Crippen LogP contribution in [0.2, 0.25) is 0 Å². The molecule has 1 amide bonds. The number of benzene rings is 2. The van der Waals surface area contributed by atoms with E-state index < -0.39 is 0 Å². The van der Waals surface area contributed by atoms with E-state index in [2.05, 4.69) is 20.6 Å². The van der Waals surface area contributed by atoms with Crippen LogP contribution in [0.15, 0.2) is 60.7 Å². The summed E-state index contributed by atoms with van der Waals surface area (Å²) in [7, 11) is 0. The quantitative estimate of drug-likeness (QED) is 0.647. The first-order chi connectivity index (χ1) is 14.2. The van der Waals surface area contributed by atoms with Gasteiger partial charge in [-0.3, -0.25) is 4.79 Å². The average molecular weight is 390 g/mol. The number of anilines is 1. The minimum atomic E-state index is -0.270. The van der Waals surface area contributed by atoms with E-state index in [4.69, 9.17) is 0 Å². The number of hydrogen-bond acceptors (Lipinski definition) is 4. The molecule has 4 rings (SSSR count). The molecule has 1 aromatic heterocycles. The van der Waals surface area contributed by atoms with Crippen molar-refractivity contribution in [1.29, 1.82) is 0 Å². The number of hydrogen-bond donors (Lipinski definition) is 2. The standard InChI is InChI=1S/C23H23FN4O/c24-18-12-10-16(11-13-18)15-25-21-14-20(23(29)26-19-8-4-5-9-19)27-22(28-21)17-6-2-1-3-7-17/h1-3,6-7,10-14,19H,4-5,8-9,15H2,(H,26,29)(H,25,27,28). The predicted octanol–water partition coefficient (Wildman–Crippen LogP) is 4.57. The Bertz CT molecular complexity index is 970. The van der Waals surface area contributed by atoms with Crippen molar-refractivity contribution in [3.05, 3.63) is 77.7 Å². The predicted molar refractivity (Wildman–Crippen MR) is 111 cm³/mol. The van der Waals surface area contributed by atoms with Gasteiger partial charge in [0.25, 0.3) is 5.91 Å². The molecule has 0 spiro atoms. The second kappa shape index (κ2) is 8.82. The molecule has 1 aliphatic rings. The summed E-state index contributed by atoms with van der Waals surface area (Å²) in [5.74, 6) is 0.598. The summed E-state index contributed by atoms with van der Waals surface area (Å²) in [6.07, 6.45) is 4.32. The molecule has 0 atom stereocenters. The monoisotopic (exact) mass is 390 g/mol. The van der Waals surface area contributed by atoms with Crippen molar-refractivity contribution in [2.45, 2.75) is 38.3 Å². The minimum Gasteiger partial charge on any atom is -0.366 e. The molecule has 3 aromatic rings. The zero-order valence-corrected chi connectivity index (χ0v) is 16.1. The molecule has 1 saturated carbocycles. The van der Waals surface area contributed by atoms with Crippen molar-refractivity contribution >= 4 is 11.7 Å². The van der Waals surface area contributed by atoms with Crippen molar-refractivity contribution < 1.29 is 9.18 Å². The molecule has 6 heteroatoms. The molecule has 0 aliphatic heterocycles. The van der Waals surface area contributed by atoms with E-state index in [1.54, 1.807) is 18.2 Å². The fourth-order valence-electron chi connectivity index (χ4n) is 3.49.